The number of nitrogens with zero attached hydrogens (tertiary/aromatic N) is 2. The van der Waals surface area contributed by atoms with Gasteiger partial charge in [-0.3, -0.25) is 9.78 Å². The van der Waals surface area contributed by atoms with E-state index in [1.54, 1.807) is 34.3 Å². The van der Waals surface area contributed by atoms with Crippen LogP contribution in [0.15, 0.2) is 60.8 Å². The summed E-state index contributed by atoms with van der Waals surface area (Å²) in [5, 5.41) is 17.4. The van der Waals surface area contributed by atoms with Crippen molar-refractivity contribution in [1.29, 1.82) is 0 Å². The molecule has 0 spiro atoms. The van der Waals surface area contributed by atoms with Crippen molar-refractivity contribution in [3.63, 3.8) is 0 Å². The summed E-state index contributed by atoms with van der Waals surface area (Å²) < 4.78 is 16.3. The molecule has 0 saturated carbocycles. The highest BCUT2D eigenvalue weighted by Crippen LogP contribution is 2.42. The Morgan fingerprint density at radius 3 is 2.38 bits per heavy atom. The number of pyridine rings is 2. The molecule has 2 aromatic carbocycles. The molecule has 1 atom stereocenters. The van der Waals surface area contributed by atoms with Crippen molar-refractivity contribution in [3.8, 4) is 45.3 Å². The molecule has 4 rings (SSSR count). The minimum absolute atomic E-state index is 0.0810. The van der Waals surface area contributed by atoms with E-state index in [1.165, 1.54) is 0 Å². The van der Waals surface area contributed by atoms with Gasteiger partial charge in [0.05, 0.1) is 54.3 Å². The minimum atomic E-state index is -0.867. The van der Waals surface area contributed by atoms with E-state index >= 15 is 0 Å². The number of aliphatic hydroxyl groups excluding tert-OH is 1. The van der Waals surface area contributed by atoms with E-state index in [1.807, 2.05) is 61.6 Å². The molecule has 2 heterocycles. The molecule has 45 heavy (non-hydrogen) atoms. The molecule has 0 aliphatic heterocycles. The quantitative estimate of drug-likeness (QED) is 0.135. The number of carbonyl (C=O) groups excluding carboxylic acids is 1. The fourth-order valence-electron chi connectivity index (χ4n) is 4.90. The first-order chi connectivity index (χ1) is 21.7. The van der Waals surface area contributed by atoms with Crippen molar-refractivity contribution < 1.29 is 24.1 Å². The van der Waals surface area contributed by atoms with Crippen LogP contribution in [0.25, 0.3) is 33.6 Å². The number of esters is 1. The van der Waals surface area contributed by atoms with Crippen LogP contribution in [0.1, 0.15) is 31.4 Å². The lowest BCUT2D eigenvalue weighted by Crippen LogP contribution is -2.29. The molecule has 0 fully saturated rings. The minimum Gasteiger partial charge on any atom is -0.496 e. The molecule has 4 aromatic rings. The smallest absolute Gasteiger partial charge is 0.308 e. The molecule has 11 heteroatoms. The molecule has 0 saturated heterocycles. The van der Waals surface area contributed by atoms with Gasteiger partial charge in [-0.1, -0.05) is 59.6 Å². The largest absolute Gasteiger partial charge is 0.496 e. The number of halogens is 2. The Balaban J connectivity index is 1.57. The molecule has 0 aliphatic carbocycles. The number of methoxy groups -OCH3 is 2. The average Bonchev–Trinajstić information content (AvgIpc) is 3.01. The number of aliphatic hydroxyl groups is 1. The van der Waals surface area contributed by atoms with Crippen molar-refractivity contribution in [3.05, 3.63) is 82.0 Å². The molecule has 0 amide bonds. The first-order valence-electron chi connectivity index (χ1n) is 14.5. The lowest BCUT2D eigenvalue weighted by molar-refractivity contribution is -0.149. The SMILES string of the molecule is CNCc1ccc(-c2cccc(-c3ccnc(-c4ccc(CNCC(O)CC(=O)OC(C)C)c(OC)c4)c3Cl)c2Cl)nc1OC. The third-order valence-electron chi connectivity index (χ3n) is 6.98. The highest BCUT2D eigenvalue weighted by molar-refractivity contribution is 6.39. The topological polar surface area (TPSA) is 115 Å². The van der Waals surface area contributed by atoms with Gasteiger partial charge in [-0.15, -0.1) is 0 Å². The number of aromatic nitrogens is 2. The Morgan fingerprint density at radius 2 is 1.67 bits per heavy atom. The summed E-state index contributed by atoms with van der Waals surface area (Å²) in [6, 6.07) is 17.2. The van der Waals surface area contributed by atoms with Crippen LogP contribution in [0.5, 0.6) is 11.6 Å². The predicted octanol–water partition coefficient (Wildman–Crippen LogP) is 6.31. The van der Waals surface area contributed by atoms with Crippen molar-refractivity contribution in [2.24, 2.45) is 0 Å². The van der Waals surface area contributed by atoms with Crippen LogP contribution in [0.4, 0.5) is 0 Å². The fraction of sp³-hybridized carbons (Fsp3) is 0.324. The van der Waals surface area contributed by atoms with Crippen molar-refractivity contribution in [2.45, 2.75) is 45.6 Å². The summed E-state index contributed by atoms with van der Waals surface area (Å²) in [6.45, 7) is 4.80. The van der Waals surface area contributed by atoms with Gasteiger partial charge in [-0.25, -0.2) is 4.98 Å². The monoisotopic (exact) mass is 652 g/mol. The standard InChI is InChI=1S/C34H38Cl2N4O5/c1-20(2)45-30(42)16-24(41)19-38-18-22-10-9-21(15-29(22)43-4)33-32(36)26(13-14-39-33)25-7-6-8-27(31(25)35)28-12-11-23(17-37-3)34(40-28)44-5/h6-15,20,24,37-38,41H,16-19H2,1-5H3. The van der Waals surface area contributed by atoms with Gasteiger partial charge in [0.2, 0.25) is 5.88 Å². The van der Waals surface area contributed by atoms with Gasteiger partial charge in [0.25, 0.3) is 0 Å². The number of carbonyl (C=O) groups is 1. The number of rotatable bonds is 14. The van der Waals surface area contributed by atoms with Gasteiger partial charge in [0.15, 0.2) is 0 Å². The average molecular weight is 654 g/mol. The molecule has 3 N–H and O–H groups in total. The Kier molecular flexibility index (Phi) is 12.2. The molecule has 2 aromatic heterocycles. The van der Waals surface area contributed by atoms with Crippen LogP contribution >= 0.6 is 23.2 Å². The predicted molar refractivity (Wildman–Crippen MR) is 178 cm³/mol. The second kappa shape index (κ2) is 16.0. The third kappa shape index (κ3) is 8.51. The highest BCUT2D eigenvalue weighted by Gasteiger charge is 2.19. The molecule has 0 radical (unpaired) electrons. The molecule has 1 unspecified atom stereocenters. The molecular formula is C34H38Cl2N4O5. The summed E-state index contributed by atoms with van der Waals surface area (Å²) in [5.41, 5.74) is 6.04. The summed E-state index contributed by atoms with van der Waals surface area (Å²) in [6.07, 6.45) is 0.524. The summed E-state index contributed by atoms with van der Waals surface area (Å²) in [5.74, 6) is 0.720. The number of hydrogen-bond acceptors (Lipinski definition) is 9. The highest BCUT2D eigenvalue weighted by atomic mass is 35.5. The fourth-order valence-corrected chi connectivity index (χ4v) is 5.55. The van der Waals surface area contributed by atoms with E-state index in [9.17, 15) is 9.90 Å². The van der Waals surface area contributed by atoms with E-state index in [-0.39, 0.29) is 19.1 Å². The van der Waals surface area contributed by atoms with Gasteiger partial charge in [0, 0.05) is 59.2 Å². The van der Waals surface area contributed by atoms with Crippen LogP contribution in [0.3, 0.4) is 0 Å². The lowest BCUT2D eigenvalue weighted by Gasteiger charge is -2.16. The van der Waals surface area contributed by atoms with E-state index in [2.05, 4.69) is 15.6 Å². The van der Waals surface area contributed by atoms with Crippen LogP contribution in [0, 0.1) is 0 Å². The first kappa shape index (κ1) is 34.1. The first-order valence-corrected chi connectivity index (χ1v) is 15.3. The maximum Gasteiger partial charge on any atom is 0.308 e. The summed E-state index contributed by atoms with van der Waals surface area (Å²) >= 11 is 14.0. The lowest BCUT2D eigenvalue weighted by atomic mass is 9.99. The number of benzene rings is 2. The van der Waals surface area contributed by atoms with E-state index in [0.29, 0.717) is 46.2 Å². The normalized spacial score (nSPS) is 11.8. The maximum absolute atomic E-state index is 11.8. The molecule has 238 valence electrons. The van der Waals surface area contributed by atoms with Crippen molar-refractivity contribution in [1.82, 2.24) is 20.6 Å². The number of nitrogens with one attached hydrogen (secondary N) is 2. The zero-order valence-corrected chi connectivity index (χ0v) is 27.5. The maximum atomic E-state index is 11.8. The van der Waals surface area contributed by atoms with Gasteiger partial charge >= 0.3 is 5.97 Å². The Bertz CT molecular complexity index is 1630. The molecule has 0 aliphatic rings. The second-order valence-electron chi connectivity index (χ2n) is 10.6. The zero-order chi connectivity index (χ0) is 32.5. The van der Waals surface area contributed by atoms with Gasteiger partial charge < -0.3 is 30.0 Å². The molecule has 0 bridgehead atoms. The van der Waals surface area contributed by atoms with Crippen LogP contribution in [-0.2, 0) is 22.6 Å². The van der Waals surface area contributed by atoms with Crippen LogP contribution < -0.4 is 20.1 Å². The van der Waals surface area contributed by atoms with E-state index in [4.69, 9.17) is 42.4 Å². The zero-order valence-electron chi connectivity index (χ0n) is 26.0. The van der Waals surface area contributed by atoms with Crippen molar-refractivity contribution in [2.75, 3.05) is 27.8 Å². The second-order valence-corrected chi connectivity index (χ2v) is 11.4. The van der Waals surface area contributed by atoms with E-state index < -0.39 is 12.1 Å². The van der Waals surface area contributed by atoms with Gasteiger partial charge in [0.1, 0.15) is 5.75 Å². The number of hydrogen-bond donors (Lipinski definition) is 3. The molecular weight excluding hydrogens is 615 g/mol. The Labute approximate surface area is 273 Å². The molecule has 9 nitrogen and oxygen atoms in total. The summed E-state index contributed by atoms with van der Waals surface area (Å²) in [7, 11) is 5.05. The Hall–Kier alpha value is -3.73. The third-order valence-corrected chi connectivity index (χ3v) is 7.77. The number of ether oxygens (including phenoxy) is 3. The van der Waals surface area contributed by atoms with Crippen LogP contribution in [-0.4, -0.2) is 61.1 Å². The van der Waals surface area contributed by atoms with E-state index in [0.717, 1.165) is 33.4 Å². The van der Waals surface area contributed by atoms with Crippen molar-refractivity contribution >= 4 is 29.2 Å². The van der Waals surface area contributed by atoms with Crippen LogP contribution in [0.2, 0.25) is 10.0 Å². The Morgan fingerprint density at radius 1 is 0.933 bits per heavy atom. The summed E-state index contributed by atoms with van der Waals surface area (Å²) in [4.78, 5) is 21.1. The van der Waals surface area contributed by atoms with Gasteiger partial charge in [-0.2, -0.15) is 0 Å². The van der Waals surface area contributed by atoms with Gasteiger partial charge in [-0.05, 0) is 39.1 Å².